The number of amides is 1. The third-order valence-corrected chi connectivity index (χ3v) is 3.88. The van der Waals surface area contributed by atoms with Crippen molar-refractivity contribution in [3.8, 4) is 0 Å². The van der Waals surface area contributed by atoms with Crippen LogP contribution in [0, 0.1) is 5.41 Å². The maximum atomic E-state index is 12.9. The number of carbonyl (C=O) groups is 1. The number of hydrogen-bond acceptors (Lipinski definition) is 2. The molecule has 0 radical (unpaired) electrons. The van der Waals surface area contributed by atoms with E-state index in [1.54, 1.807) is 6.92 Å². The molecule has 0 aromatic heterocycles. The molecule has 0 aromatic carbocycles. The molecule has 2 aliphatic rings. The second-order valence-electron chi connectivity index (χ2n) is 4.22. The molecule has 1 aliphatic heterocycles. The van der Waals surface area contributed by atoms with Gasteiger partial charge in [0.1, 0.15) is 6.17 Å². The molecule has 80 valence electrons. The Kier molecular flexibility index (Phi) is 2.55. The van der Waals surface area contributed by atoms with Crippen LogP contribution in [0.25, 0.3) is 0 Å². The van der Waals surface area contributed by atoms with Crippen LogP contribution < -0.4 is 5.32 Å². The Balaban J connectivity index is 1.89. The van der Waals surface area contributed by atoms with E-state index in [9.17, 15) is 9.18 Å². The van der Waals surface area contributed by atoms with Gasteiger partial charge in [0.2, 0.25) is 5.91 Å². The standard InChI is InChI=1S/C9H13BrFNO2/c1-9(2-7(9)11)8(13)12-6-4-14-3-5(6)10/h5-7H,2-4H2,1H3,(H,12,13). The van der Waals surface area contributed by atoms with Crippen molar-refractivity contribution in [2.45, 2.75) is 30.4 Å². The third kappa shape index (κ3) is 1.67. The van der Waals surface area contributed by atoms with Gasteiger partial charge in [-0.15, -0.1) is 0 Å². The summed E-state index contributed by atoms with van der Waals surface area (Å²) >= 11 is 3.40. The Bertz CT molecular complexity index is 263. The van der Waals surface area contributed by atoms with Crippen molar-refractivity contribution in [1.29, 1.82) is 0 Å². The lowest BCUT2D eigenvalue weighted by atomic mass is 10.1. The van der Waals surface area contributed by atoms with Crippen LogP contribution in [0.15, 0.2) is 0 Å². The third-order valence-electron chi connectivity index (χ3n) is 2.98. The highest BCUT2D eigenvalue weighted by Gasteiger charge is 2.57. The van der Waals surface area contributed by atoms with Gasteiger partial charge in [-0.1, -0.05) is 15.9 Å². The fourth-order valence-corrected chi connectivity index (χ4v) is 2.01. The van der Waals surface area contributed by atoms with Crippen LogP contribution in [-0.2, 0) is 9.53 Å². The molecule has 0 spiro atoms. The zero-order valence-electron chi connectivity index (χ0n) is 7.93. The van der Waals surface area contributed by atoms with Gasteiger partial charge < -0.3 is 10.1 Å². The Morgan fingerprint density at radius 2 is 2.29 bits per heavy atom. The molecule has 1 aliphatic carbocycles. The summed E-state index contributed by atoms with van der Waals surface area (Å²) in [5.41, 5.74) is -0.782. The molecule has 14 heavy (non-hydrogen) atoms. The molecule has 3 nitrogen and oxygen atoms in total. The van der Waals surface area contributed by atoms with E-state index in [1.165, 1.54) is 0 Å². The molecule has 4 unspecified atom stereocenters. The van der Waals surface area contributed by atoms with Gasteiger partial charge in [0.15, 0.2) is 0 Å². The Morgan fingerprint density at radius 3 is 2.71 bits per heavy atom. The molecule has 4 atom stereocenters. The van der Waals surface area contributed by atoms with E-state index in [-0.39, 0.29) is 16.8 Å². The summed E-state index contributed by atoms with van der Waals surface area (Å²) in [4.78, 5) is 11.8. The Morgan fingerprint density at radius 1 is 1.64 bits per heavy atom. The molecule has 0 bridgehead atoms. The van der Waals surface area contributed by atoms with Crippen molar-refractivity contribution < 1.29 is 13.9 Å². The first-order valence-corrected chi connectivity index (χ1v) is 5.62. The lowest BCUT2D eigenvalue weighted by Gasteiger charge is -2.17. The van der Waals surface area contributed by atoms with Crippen LogP contribution >= 0.6 is 15.9 Å². The molecule has 0 aromatic rings. The minimum Gasteiger partial charge on any atom is -0.378 e. The summed E-state index contributed by atoms with van der Waals surface area (Å²) in [5, 5.41) is 2.81. The SMILES string of the molecule is CC1(C(=O)NC2COCC2Br)CC1F. The summed E-state index contributed by atoms with van der Waals surface area (Å²) < 4.78 is 18.1. The van der Waals surface area contributed by atoms with Crippen molar-refractivity contribution >= 4 is 21.8 Å². The normalized spacial score (nSPS) is 46.4. The summed E-state index contributed by atoms with van der Waals surface area (Å²) in [6, 6.07) is -0.0212. The number of hydrogen-bond donors (Lipinski definition) is 1. The summed E-state index contributed by atoms with van der Waals surface area (Å²) in [5.74, 6) is -0.190. The highest BCUT2D eigenvalue weighted by Crippen LogP contribution is 2.48. The van der Waals surface area contributed by atoms with E-state index in [1.807, 2.05) is 0 Å². The largest absolute Gasteiger partial charge is 0.378 e. The molecule has 1 saturated carbocycles. The second-order valence-corrected chi connectivity index (χ2v) is 5.40. The lowest BCUT2D eigenvalue weighted by Crippen LogP contribution is -2.44. The molecular formula is C9H13BrFNO2. The summed E-state index contributed by atoms with van der Waals surface area (Å²) in [6.45, 7) is 2.77. The van der Waals surface area contributed by atoms with E-state index >= 15 is 0 Å². The summed E-state index contributed by atoms with van der Waals surface area (Å²) in [6.07, 6.45) is -0.627. The number of carbonyl (C=O) groups excluding carboxylic acids is 1. The predicted molar refractivity (Wildman–Crippen MR) is 53.1 cm³/mol. The number of ether oxygens (including phenoxy) is 1. The molecule has 1 amide bonds. The molecule has 1 heterocycles. The highest BCUT2D eigenvalue weighted by molar-refractivity contribution is 9.09. The molecule has 1 saturated heterocycles. The van der Waals surface area contributed by atoms with Crippen molar-refractivity contribution in [2.75, 3.05) is 13.2 Å². The minimum absolute atomic E-state index is 0.0212. The molecule has 5 heteroatoms. The molecule has 2 fully saturated rings. The van der Waals surface area contributed by atoms with Gasteiger partial charge in [0, 0.05) is 0 Å². The first-order chi connectivity index (χ1) is 6.54. The fourth-order valence-electron chi connectivity index (χ4n) is 1.54. The van der Waals surface area contributed by atoms with E-state index < -0.39 is 11.6 Å². The average molecular weight is 266 g/mol. The first kappa shape index (κ1) is 10.4. The second kappa shape index (κ2) is 3.45. The van der Waals surface area contributed by atoms with Crippen LogP contribution in [-0.4, -0.2) is 36.2 Å². The zero-order valence-corrected chi connectivity index (χ0v) is 9.51. The minimum atomic E-state index is -0.974. The predicted octanol–water partition coefficient (Wildman–Crippen LogP) is 1.01. The van der Waals surface area contributed by atoms with Gasteiger partial charge in [0.25, 0.3) is 0 Å². The quantitative estimate of drug-likeness (QED) is 0.758. The van der Waals surface area contributed by atoms with Crippen LogP contribution in [0.5, 0.6) is 0 Å². The molecule has 1 N–H and O–H groups in total. The number of rotatable bonds is 2. The van der Waals surface area contributed by atoms with Gasteiger partial charge in [-0.25, -0.2) is 4.39 Å². The van der Waals surface area contributed by atoms with Crippen molar-refractivity contribution in [3.63, 3.8) is 0 Å². The smallest absolute Gasteiger partial charge is 0.229 e. The monoisotopic (exact) mass is 265 g/mol. The van der Waals surface area contributed by atoms with Gasteiger partial charge in [0.05, 0.1) is 29.5 Å². The summed E-state index contributed by atoms with van der Waals surface area (Å²) in [7, 11) is 0. The van der Waals surface area contributed by atoms with Crippen LogP contribution in [0.3, 0.4) is 0 Å². The zero-order chi connectivity index (χ0) is 10.3. The Hall–Kier alpha value is -0.160. The highest BCUT2D eigenvalue weighted by atomic mass is 79.9. The van der Waals surface area contributed by atoms with Crippen molar-refractivity contribution in [3.05, 3.63) is 0 Å². The van der Waals surface area contributed by atoms with Crippen molar-refractivity contribution in [1.82, 2.24) is 5.32 Å². The maximum Gasteiger partial charge on any atom is 0.229 e. The van der Waals surface area contributed by atoms with Gasteiger partial charge in [-0.3, -0.25) is 4.79 Å². The molecular weight excluding hydrogens is 253 g/mol. The van der Waals surface area contributed by atoms with Crippen molar-refractivity contribution in [2.24, 2.45) is 5.41 Å². The molecule has 2 rings (SSSR count). The first-order valence-electron chi connectivity index (χ1n) is 4.71. The Labute approximate surface area is 90.5 Å². The van der Waals surface area contributed by atoms with Gasteiger partial charge in [-0.2, -0.15) is 0 Å². The lowest BCUT2D eigenvalue weighted by molar-refractivity contribution is -0.127. The topological polar surface area (TPSA) is 38.3 Å². The van der Waals surface area contributed by atoms with E-state index in [0.717, 1.165) is 0 Å². The van der Waals surface area contributed by atoms with Crippen LogP contribution in [0.4, 0.5) is 4.39 Å². The number of halogens is 2. The van der Waals surface area contributed by atoms with E-state index in [2.05, 4.69) is 21.2 Å². The number of alkyl halides is 2. The van der Waals surface area contributed by atoms with E-state index in [4.69, 9.17) is 4.74 Å². The average Bonchev–Trinajstić information content (AvgIpc) is 2.55. The van der Waals surface area contributed by atoms with Crippen LogP contribution in [0.1, 0.15) is 13.3 Å². The van der Waals surface area contributed by atoms with E-state index in [0.29, 0.717) is 19.6 Å². The van der Waals surface area contributed by atoms with Gasteiger partial charge >= 0.3 is 0 Å². The van der Waals surface area contributed by atoms with Gasteiger partial charge in [-0.05, 0) is 13.3 Å². The maximum absolute atomic E-state index is 12.9. The fraction of sp³-hybridized carbons (Fsp3) is 0.889. The number of nitrogens with one attached hydrogen (secondary N) is 1. The van der Waals surface area contributed by atoms with Crippen LogP contribution in [0.2, 0.25) is 0 Å².